The minimum atomic E-state index is -0.292. The topological polar surface area (TPSA) is 64.4 Å². The van der Waals surface area contributed by atoms with Gasteiger partial charge in [-0.2, -0.15) is 0 Å². The summed E-state index contributed by atoms with van der Waals surface area (Å²) in [5.41, 5.74) is 5.51. The summed E-state index contributed by atoms with van der Waals surface area (Å²) >= 11 is 0. The van der Waals surface area contributed by atoms with Gasteiger partial charge in [-0.05, 0) is 25.7 Å². The number of nitrogens with two attached hydrogens (primary N) is 1. The highest BCUT2D eigenvalue weighted by Crippen LogP contribution is 2.19. The van der Waals surface area contributed by atoms with Gasteiger partial charge in [0.25, 0.3) is 0 Å². The summed E-state index contributed by atoms with van der Waals surface area (Å²) in [7, 11) is 0. The Hall–Kier alpha value is -0.610. The van der Waals surface area contributed by atoms with Crippen LogP contribution in [0.25, 0.3) is 0 Å². The van der Waals surface area contributed by atoms with Gasteiger partial charge in [-0.1, -0.05) is 20.3 Å². The lowest BCUT2D eigenvalue weighted by molar-refractivity contribution is -0.132. The van der Waals surface area contributed by atoms with E-state index in [1.165, 1.54) is 0 Å². The zero-order valence-corrected chi connectivity index (χ0v) is 10.5. The Balaban J connectivity index is 2.35. The van der Waals surface area contributed by atoms with Crippen LogP contribution in [0.15, 0.2) is 0 Å². The van der Waals surface area contributed by atoms with Gasteiger partial charge < -0.3 is 15.8 Å². The first kappa shape index (κ1) is 13.5. The highest BCUT2D eigenvalue weighted by atomic mass is 16.5. The maximum absolute atomic E-state index is 11.9. The predicted octanol–water partition coefficient (Wildman–Crippen LogP) is 1.04. The number of rotatable bonds is 5. The van der Waals surface area contributed by atoms with E-state index in [2.05, 4.69) is 19.2 Å². The standard InChI is InChI=1S/C12H24N2O2/c1-4-8(2)9(3)14-12(15)11-6-5-10(7-13)16-11/h8-11H,4-7,13H2,1-3H3,(H,14,15). The molecule has 0 aliphatic carbocycles. The Morgan fingerprint density at radius 3 is 2.69 bits per heavy atom. The van der Waals surface area contributed by atoms with Gasteiger partial charge >= 0.3 is 0 Å². The van der Waals surface area contributed by atoms with Gasteiger partial charge in [0.1, 0.15) is 6.10 Å². The summed E-state index contributed by atoms with van der Waals surface area (Å²) in [5.74, 6) is 0.513. The SMILES string of the molecule is CCC(C)C(C)NC(=O)C1CCC(CN)O1. The molecule has 0 spiro atoms. The van der Waals surface area contributed by atoms with Crippen LogP contribution in [0.1, 0.15) is 40.0 Å². The largest absolute Gasteiger partial charge is 0.364 e. The minimum Gasteiger partial charge on any atom is -0.364 e. The minimum absolute atomic E-state index is 0.0174. The number of amides is 1. The Bertz CT molecular complexity index is 233. The number of carbonyl (C=O) groups excluding carboxylic acids is 1. The molecule has 16 heavy (non-hydrogen) atoms. The molecule has 4 unspecified atom stereocenters. The van der Waals surface area contributed by atoms with Crippen LogP contribution in [0, 0.1) is 5.92 Å². The molecule has 4 atom stereocenters. The van der Waals surface area contributed by atoms with Crippen LogP contribution in [-0.4, -0.2) is 30.7 Å². The average Bonchev–Trinajstić information content (AvgIpc) is 2.76. The summed E-state index contributed by atoms with van der Waals surface area (Å²) in [6.07, 6.45) is 2.53. The molecular weight excluding hydrogens is 204 g/mol. The monoisotopic (exact) mass is 228 g/mol. The Morgan fingerprint density at radius 1 is 1.50 bits per heavy atom. The van der Waals surface area contributed by atoms with Crippen molar-refractivity contribution in [3.63, 3.8) is 0 Å². The Morgan fingerprint density at radius 2 is 2.19 bits per heavy atom. The van der Waals surface area contributed by atoms with Crippen LogP contribution in [0.5, 0.6) is 0 Å². The molecular formula is C12H24N2O2. The third-order valence-corrected chi connectivity index (χ3v) is 3.53. The molecule has 0 bridgehead atoms. The lowest BCUT2D eigenvalue weighted by Gasteiger charge is -2.22. The molecule has 1 heterocycles. The van der Waals surface area contributed by atoms with Crippen molar-refractivity contribution >= 4 is 5.91 Å². The van der Waals surface area contributed by atoms with Crippen LogP contribution in [0.3, 0.4) is 0 Å². The van der Waals surface area contributed by atoms with Gasteiger partial charge in [0, 0.05) is 12.6 Å². The van der Waals surface area contributed by atoms with Crippen LogP contribution in [0.2, 0.25) is 0 Å². The summed E-state index contributed by atoms with van der Waals surface area (Å²) in [5, 5.41) is 3.01. The van der Waals surface area contributed by atoms with Crippen LogP contribution in [0.4, 0.5) is 0 Å². The fourth-order valence-corrected chi connectivity index (χ4v) is 1.89. The third kappa shape index (κ3) is 3.46. The first-order chi connectivity index (χ1) is 7.58. The summed E-state index contributed by atoms with van der Waals surface area (Å²) in [6.45, 7) is 6.82. The zero-order chi connectivity index (χ0) is 12.1. The average molecular weight is 228 g/mol. The van der Waals surface area contributed by atoms with E-state index < -0.39 is 0 Å². The smallest absolute Gasteiger partial charge is 0.249 e. The van der Waals surface area contributed by atoms with Gasteiger partial charge in [0.2, 0.25) is 5.91 Å². The molecule has 0 aromatic heterocycles. The maximum atomic E-state index is 11.9. The molecule has 4 heteroatoms. The lowest BCUT2D eigenvalue weighted by Crippen LogP contribution is -2.43. The third-order valence-electron chi connectivity index (χ3n) is 3.53. The second-order valence-corrected chi connectivity index (χ2v) is 4.74. The van der Waals surface area contributed by atoms with Gasteiger partial charge in [0.05, 0.1) is 6.10 Å². The van der Waals surface area contributed by atoms with E-state index in [0.717, 1.165) is 19.3 Å². The fourth-order valence-electron chi connectivity index (χ4n) is 1.89. The van der Waals surface area contributed by atoms with E-state index in [-0.39, 0.29) is 24.2 Å². The van der Waals surface area contributed by atoms with Gasteiger partial charge in [-0.15, -0.1) is 0 Å². The van der Waals surface area contributed by atoms with E-state index >= 15 is 0 Å². The molecule has 94 valence electrons. The molecule has 3 N–H and O–H groups in total. The van der Waals surface area contributed by atoms with Gasteiger partial charge in [0.15, 0.2) is 0 Å². The van der Waals surface area contributed by atoms with Crippen LogP contribution < -0.4 is 11.1 Å². The molecule has 1 fully saturated rings. The van der Waals surface area contributed by atoms with Crippen molar-refractivity contribution in [1.29, 1.82) is 0 Å². The van der Waals surface area contributed by atoms with Crippen molar-refractivity contribution in [2.75, 3.05) is 6.54 Å². The first-order valence-corrected chi connectivity index (χ1v) is 6.24. The van der Waals surface area contributed by atoms with E-state index in [1.807, 2.05) is 6.92 Å². The lowest BCUT2D eigenvalue weighted by atomic mass is 10.0. The molecule has 1 aliphatic heterocycles. The van der Waals surface area contributed by atoms with Crippen molar-refractivity contribution in [1.82, 2.24) is 5.32 Å². The number of carbonyl (C=O) groups is 1. The summed E-state index contributed by atoms with van der Waals surface area (Å²) in [4.78, 5) is 11.9. The summed E-state index contributed by atoms with van der Waals surface area (Å²) in [6, 6.07) is 0.207. The summed E-state index contributed by atoms with van der Waals surface area (Å²) < 4.78 is 5.55. The molecule has 1 saturated heterocycles. The van der Waals surface area contributed by atoms with Crippen molar-refractivity contribution in [3.05, 3.63) is 0 Å². The molecule has 0 radical (unpaired) electrons. The highest BCUT2D eigenvalue weighted by molar-refractivity contribution is 5.81. The van der Waals surface area contributed by atoms with Crippen molar-refractivity contribution in [3.8, 4) is 0 Å². The van der Waals surface area contributed by atoms with E-state index in [4.69, 9.17) is 10.5 Å². The fraction of sp³-hybridized carbons (Fsp3) is 0.917. The number of hydrogen-bond donors (Lipinski definition) is 2. The maximum Gasteiger partial charge on any atom is 0.249 e. The molecule has 0 aromatic carbocycles. The van der Waals surface area contributed by atoms with Crippen molar-refractivity contribution < 1.29 is 9.53 Å². The molecule has 1 rings (SSSR count). The molecule has 0 aromatic rings. The van der Waals surface area contributed by atoms with E-state index in [9.17, 15) is 4.79 Å². The quantitative estimate of drug-likeness (QED) is 0.739. The second-order valence-electron chi connectivity index (χ2n) is 4.74. The number of ether oxygens (including phenoxy) is 1. The number of hydrogen-bond acceptors (Lipinski definition) is 3. The molecule has 4 nitrogen and oxygen atoms in total. The van der Waals surface area contributed by atoms with Gasteiger partial charge in [-0.25, -0.2) is 0 Å². The number of nitrogens with one attached hydrogen (secondary N) is 1. The zero-order valence-electron chi connectivity index (χ0n) is 10.5. The van der Waals surface area contributed by atoms with Gasteiger partial charge in [-0.3, -0.25) is 4.79 Å². The molecule has 1 aliphatic rings. The van der Waals surface area contributed by atoms with Crippen molar-refractivity contribution in [2.24, 2.45) is 11.7 Å². The van der Waals surface area contributed by atoms with Crippen LogP contribution >= 0.6 is 0 Å². The molecule has 1 amide bonds. The van der Waals surface area contributed by atoms with Crippen molar-refractivity contribution in [2.45, 2.75) is 58.3 Å². The predicted molar refractivity (Wildman–Crippen MR) is 64.0 cm³/mol. The van der Waals surface area contributed by atoms with Crippen LogP contribution in [-0.2, 0) is 9.53 Å². The normalized spacial score (nSPS) is 28.8. The Labute approximate surface area is 97.9 Å². The van der Waals surface area contributed by atoms with E-state index in [1.54, 1.807) is 0 Å². The Kier molecular flexibility index (Phi) is 5.22. The first-order valence-electron chi connectivity index (χ1n) is 6.24. The highest BCUT2D eigenvalue weighted by Gasteiger charge is 2.30. The second kappa shape index (κ2) is 6.21. The van der Waals surface area contributed by atoms with E-state index in [0.29, 0.717) is 12.5 Å². The molecule has 0 saturated carbocycles.